The lowest BCUT2D eigenvalue weighted by atomic mass is 10.1. The highest BCUT2D eigenvalue weighted by Gasteiger charge is 2.12. The van der Waals surface area contributed by atoms with Crippen LogP contribution in [-0.2, 0) is 18.7 Å². The van der Waals surface area contributed by atoms with Crippen molar-refractivity contribution in [1.82, 2.24) is 24.9 Å². The van der Waals surface area contributed by atoms with Gasteiger partial charge in [-0.25, -0.2) is 0 Å². The lowest BCUT2D eigenvalue weighted by molar-refractivity contribution is 0.391. The standard InChI is InChI=1S/C18H17N5OS2/c1-13-4-2-5-14(10-13)17-20-16(24-22-17)11-26-18-21-19-12-23(18)8-7-15-6-3-9-25-15/h2-6,9-10,12H,7-8,11H2,1H3. The number of benzene rings is 1. The summed E-state index contributed by atoms with van der Waals surface area (Å²) in [5, 5.41) is 15.3. The van der Waals surface area contributed by atoms with Crippen molar-refractivity contribution in [2.75, 3.05) is 0 Å². The van der Waals surface area contributed by atoms with Gasteiger partial charge in [-0.15, -0.1) is 21.5 Å². The Balaban J connectivity index is 1.38. The summed E-state index contributed by atoms with van der Waals surface area (Å²) in [6.07, 6.45) is 2.74. The second kappa shape index (κ2) is 7.84. The van der Waals surface area contributed by atoms with Gasteiger partial charge in [-0.05, 0) is 30.9 Å². The maximum atomic E-state index is 5.38. The number of nitrogens with zero attached hydrogens (tertiary/aromatic N) is 5. The van der Waals surface area contributed by atoms with E-state index in [-0.39, 0.29) is 0 Å². The highest BCUT2D eigenvalue weighted by molar-refractivity contribution is 7.98. The predicted molar refractivity (Wildman–Crippen MR) is 102 cm³/mol. The molecule has 3 aromatic heterocycles. The molecule has 4 rings (SSSR count). The zero-order chi connectivity index (χ0) is 17.8. The fourth-order valence-electron chi connectivity index (χ4n) is 2.54. The molecule has 0 atom stereocenters. The first-order valence-electron chi connectivity index (χ1n) is 8.20. The quantitative estimate of drug-likeness (QED) is 0.445. The van der Waals surface area contributed by atoms with Gasteiger partial charge in [0.25, 0.3) is 0 Å². The second-order valence-corrected chi connectivity index (χ2v) is 7.78. The third kappa shape index (κ3) is 4.03. The summed E-state index contributed by atoms with van der Waals surface area (Å²) in [6.45, 7) is 2.90. The van der Waals surface area contributed by atoms with Crippen LogP contribution in [0.1, 0.15) is 16.3 Å². The Morgan fingerprint density at radius 2 is 2.19 bits per heavy atom. The van der Waals surface area contributed by atoms with E-state index in [0.717, 1.165) is 23.7 Å². The molecule has 0 N–H and O–H groups in total. The smallest absolute Gasteiger partial charge is 0.237 e. The molecule has 0 unspecified atom stereocenters. The van der Waals surface area contributed by atoms with E-state index in [4.69, 9.17) is 4.52 Å². The zero-order valence-electron chi connectivity index (χ0n) is 14.2. The molecule has 0 aliphatic rings. The molecule has 6 nitrogen and oxygen atoms in total. The Hall–Kier alpha value is -2.45. The highest BCUT2D eigenvalue weighted by Crippen LogP contribution is 2.23. The van der Waals surface area contributed by atoms with Crippen LogP contribution in [-0.4, -0.2) is 24.9 Å². The summed E-state index contributed by atoms with van der Waals surface area (Å²) in [5.41, 5.74) is 2.13. The number of thioether (sulfide) groups is 1. The predicted octanol–water partition coefficient (Wildman–Crippen LogP) is 4.23. The fraction of sp³-hybridized carbons (Fsp3) is 0.222. The number of thiophene rings is 1. The Bertz CT molecular complexity index is 977. The maximum Gasteiger partial charge on any atom is 0.237 e. The van der Waals surface area contributed by atoms with E-state index in [1.807, 2.05) is 31.2 Å². The molecule has 0 fully saturated rings. The van der Waals surface area contributed by atoms with Crippen LogP contribution in [0.2, 0.25) is 0 Å². The third-order valence-electron chi connectivity index (χ3n) is 3.83. The van der Waals surface area contributed by atoms with Gasteiger partial charge in [0.05, 0.1) is 5.75 Å². The van der Waals surface area contributed by atoms with Crippen LogP contribution in [0.5, 0.6) is 0 Å². The summed E-state index contributed by atoms with van der Waals surface area (Å²) in [7, 11) is 0. The summed E-state index contributed by atoms with van der Waals surface area (Å²) in [4.78, 5) is 5.84. The molecule has 0 radical (unpaired) electrons. The van der Waals surface area contributed by atoms with Crippen LogP contribution in [0.25, 0.3) is 11.4 Å². The molecule has 0 amide bonds. The summed E-state index contributed by atoms with van der Waals surface area (Å²) in [5.74, 6) is 1.76. The van der Waals surface area contributed by atoms with Crippen molar-refractivity contribution in [2.24, 2.45) is 0 Å². The van der Waals surface area contributed by atoms with Crippen LogP contribution in [0.15, 0.2) is 57.8 Å². The highest BCUT2D eigenvalue weighted by atomic mass is 32.2. The Morgan fingerprint density at radius 1 is 1.23 bits per heavy atom. The van der Waals surface area contributed by atoms with Crippen molar-refractivity contribution in [3.63, 3.8) is 0 Å². The van der Waals surface area contributed by atoms with Gasteiger partial charge in [0.2, 0.25) is 11.7 Å². The Kier molecular flexibility index (Phi) is 5.12. The number of rotatable bonds is 7. The summed E-state index contributed by atoms with van der Waals surface area (Å²) in [6, 6.07) is 12.3. The van der Waals surface area contributed by atoms with Gasteiger partial charge in [-0.3, -0.25) is 0 Å². The molecule has 0 bridgehead atoms. The number of hydrogen-bond donors (Lipinski definition) is 0. The van der Waals surface area contributed by atoms with Crippen molar-refractivity contribution in [3.05, 3.63) is 64.4 Å². The van der Waals surface area contributed by atoms with E-state index in [9.17, 15) is 0 Å². The van der Waals surface area contributed by atoms with E-state index < -0.39 is 0 Å². The first-order chi connectivity index (χ1) is 12.8. The third-order valence-corrected chi connectivity index (χ3v) is 5.73. The van der Waals surface area contributed by atoms with Crippen LogP contribution < -0.4 is 0 Å². The molecule has 3 heterocycles. The first-order valence-corrected chi connectivity index (χ1v) is 10.1. The normalized spacial score (nSPS) is 11.1. The van der Waals surface area contributed by atoms with Crippen molar-refractivity contribution in [3.8, 4) is 11.4 Å². The molecule has 0 spiro atoms. The zero-order valence-corrected chi connectivity index (χ0v) is 15.8. The molecular formula is C18H17N5OS2. The van der Waals surface area contributed by atoms with Gasteiger partial charge >= 0.3 is 0 Å². The Morgan fingerprint density at radius 3 is 3.04 bits per heavy atom. The number of aryl methyl sites for hydroxylation is 3. The summed E-state index contributed by atoms with van der Waals surface area (Å²) >= 11 is 3.32. The molecule has 0 saturated heterocycles. The molecule has 4 aromatic rings. The maximum absolute atomic E-state index is 5.38. The SMILES string of the molecule is Cc1cccc(-c2noc(CSc3nncn3CCc3cccs3)n2)c1. The van der Waals surface area contributed by atoms with Gasteiger partial charge in [-0.1, -0.05) is 46.7 Å². The van der Waals surface area contributed by atoms with Crippen LogP contribution in [0.4, 0.5) is 0 Å². The average molecular weight is 384 g/mol. The largest absolute Gasteiger partial charge is 0.338 e. The van der Waals surface area contributed by atoms with Gasteiger partial charge < -0.3 is 9.09 Å². The minimum Gasteiger partial charge on any atom is -0.338 e. The van der Waals surface area contributed by atoms with Crippen molar-refractivity contribution in [1.29, 1.82) is 0 Å². The molecular weight excluding hydrogens is 366 g/mol. The lowest BCUT2D eigenvalue weighted by Crippen LogP contribution is -2.01. The fourth-order valence-corrected chi connectivity index (χ4v) is 4.01. The summed E-state index contributed by atoms with van der Waals surface area (Å²) < 4.78 is 7.44. The monoisotopic (exact) mass is 383 g/mol. The van der Waals surface area contributed by atoms with Gasteiger partial charge in [0, 0.05) is 17.0 Å². The van der Waals surface area contributed by atoms with E-state index >= 15 is 0 Å². The van der Waals surface area contributed by atoms with Gasteiger partial charge in [-0.2, -0.15) is 4.98 Å². The molecule has 132 valence electrons. The van der Waals surface area contributed by atoms with Crippen molar-refractivity contribution in [2.45, 2.75) is 30.8 Å². The average Bonchev–Trinajstić information content (AvgIpc) is 3.39. The van der Waals surface area contributed by atoms with E-state index in [0.29, 0.717) is 17.5 Å². The van der Waals surface area contributed by atoms with Crippen LogP contribution >= 0.6 is 23.1 Å². The second-order valence-electron chi connectivity index (χ2n) is 5.81. The van der Waals surface area contributed by atoms with Crippen molar-refractivity contribution >= 4 is 23.1 Å². The minimum absolute atomic E-state index is 0.566. The van der Waals surface area contributed by atoms with E-state index in [1.54, 1.807) is 29.4 Å². The minimum atomic E-state index is 0.566. The lowest BCUT2D eigenvalue weighted by Gasteiger charge is -2.03. The first kappa shape index (κ1) is 17.0. The molecule has 26 heavy (non-hydrogen) atoms. The molecule has 0 aliphatic carbocycles. The topological polar surface area (TPSA) is 69.6 Å². The Labute approximate surface area is 159 Å². The van der Waals surface area contributed by atoms with E-state index in [2.05, 4.69) is 42.4 Å². The number of aromatic nitrogens is 5. The van der Waals surface area contributed by atoms with Crippen LogP contribution in [0.3, 0.4) is 0 Å². The molecule has 1 aromatic carbocycles. The van der Waals surface area contributed by atoms with Gasteiger partial charge in [0.1, 0.15) is 6.33 Å². The molecule has 0 saturated carbocycles. The van der Waals surface area contributed by atoms with E-state index in [1.165, 1.54) is 10.4 Å². The van der Waals surface area contributed by atoms with Crippen LogP contribution in [0, 0.1) is 6.92 Å². The van der Waals surface area contributed by atoms with Crippen molar-refractivity contribution < 1.29 is 4.52 Å². The number of hydrogen-bond acceptors (Lipinski definition) is 7. The molecule has 8 heteroatoms. The van der Waals surface area contributed by atoms with Gasteiger partial charge in [0.15, 0.2) is 5.16 Å². The molecule has 0 aliphatic heterocycles.